The molecule has 2 aromatic rings. The Morgan fingerprint density at radius 3 is 2.68 bits per heavy atom. The molecule has 1 aromatic heterocycles. The van der Waals surface area contributed by atoms with Crippen molar-refractivity contribution in [3.63, 3.8) is 0 Å². The first kappa shape index (κ1) is 19.6. The molecule has 2 fully saturated rings. The van der Waals surface area contributed by atoms with Gasteiger partial charge in [0.15, 0.2) is 0 Å². The van der Waals surface area contributed by atoms with Crippen molar-refractivity contribution in [2.45, 2.75) is 38.1 Å². The van der Waals surface area contributed by atoms with Crippen LogP contribution in [0.2, 0.25) is 0 Å². The first-order chi connectivity index (χ1) is 13.8. The lowest BCUT2D eigenvalue weighted by Gasteiger charge is -2.32. The molecule has 1 unspecified atom stereocenters. The summed E-state index contributed by atoms with van der Waals surface area (Å²) in [6, 6.07) is 10.8. The summed E-state index contributed by atoms with van der Waals surface area (Å²) in [6.07, 6.45) is 4.86. The monoisotopic (exact) mass is 383 g/mol. The lowest BCUT2D eigenvalue weighted by atomic mass is 9.96. The minimum atomic E-state index is 0.501. The summed E-state index contributed by atoms with van der Waals surface area (Å²) in [5.74, 6) is 2.75. The van der Waals surface area contributed by atoms with Crippen LogP contribution in [0.4, 0.5) is 0 Å². The third-order valence-electron chi connectivity index (χ3n) is 6.12. The van der Waals surface area contributed by atoms with Gasteiger partial charge in [-0.15, -0.1) is 10.2 Å². The van der Waals surface area contributed by atoms with Gasteiger partial charge in [-0.05, 0) is 44.3 Å². The predicted molar refractivity (Wildman–Crippen MR) is 110 cm³/mol. The van der Waals surface area contributed by atoms with Gasteiger partial charge in [0.1, 0.15) is 11.6 Å². The molecule has 0 amide bonds. The van der Waals surface area contributed by atoms with Crippen molar-refractivity contribution in [2.24, 2.45) is 7.05 Å². The van der Waals surface area contributed by atoms with Crippen LogP contribution >= 0.6 is 0 Å². The quantitative estimate of drug-likeness (QED) is 0.735. The Kier molecular flexibility index (Phi) is 6.73. The van der Waals surface area contributed by atoms with Crippen LogP contribution in [0.1, 0.15) is 42.4 Å². The Morgan fingerprint density at radius 1 is 1.04 bits per heavy atom. The molecule has 0 spiro atoms. The van der Waals surface area contributed by atoms with Crippen LogP contribution < -0.4 is 0 Å². The SMILES string of the molecule is Cn1c(CN2CCOCC2)nnc1C1CCCN(CCCc2ccccc2)C1. The second-order valence-electron chi connectivity index (χ2n) is 8.15. The lowest BCUT2D eigenvalue weighted by Crippen LogP contribution is -2.37. The zero-order valence-corrected chi connectivity index (χ0v) is 17.1. The van der Waals surface area contributed by atoms with E-state index in [4.69, 9.17) is 4.74 Å². The van der Waals surface area contributed by atoms with E-state index in [9.17, 15) is 0 Å². The van der Waals surface area contributed by atoms with E-state index in [1.807, 2.05) is 0 Å². The van der Waals surface area contributed by atoms with Crippen LogP contribution in [0.15, 0.2) is 30.3 Å². The number of rotatable bonds is 7. The number of hydrogen-bond acceptors (Lipinski definition) is 5. The normalized spacial score (nSPS) is 21.8. The number of ether oxygens (including phenoxy) is 1. The lowest BCUT2D eigenvalue weighted by molar-refractivity contribution is 0.0326. The molecule has 3 heterocycles. The highest BCUT2D eigenvalue weighted by atomic mass is 16.5. The smallest absolute Gasteiger partial charge is 0.146 e. The minimum absolute atomic E-state index is 0.501. The zero-order chi connectivity index (χ0) is 19.2. The van der Waals surface area contributed by atoms with E-state index in [2.05, 4.69) is 61.9 Å². The number of morpholine rings is 1. The molecule has 1 aromatic carbocycles. The molecule has 28 heavy (non-hydrogen) atoms. The van der Waals surface area contributed by atoms with Crippen molar-refractivity contribution in [2.75, 3.05) is 45.9 Å². The molecule has 4 rings (SSSR count). The predicted octanol–water partition coefficient (Wildman–Crippen LogP) is 2.46. The molecular formula is C22H33N5O. The topological polar surface area (TPSA) is 46.4 Å². The Balaban J connectivity index is 1.30. The molecule has 0 N–H and O–H groups in total. The third kappa shape index (κ3) is 4.99. The number of hydrogen-bond donors (Lipinski definition) is 0. The van der Waals surface area contributed by atoms with E-state index in [0.29, 0.717) is 5.92 Å². The van der Waals surface area contributed by atoms with Gasteiger partial charge in [0, 0.05) is 32.6 Å². The zero-order valence-electron chi connectivity index (χ0n) is 17.1. The van der Waals surface area contributed by atoms with E-state index in [1.165, 1.54) is 37.9 Å². The van der Waals surface area contributed by atoms with Crippen LogP contribution in [0.25, 0.3) is 0 Å². The van der Waals surface area contributed by atoms with Crippen LogP contribution in [0, 0.1) is 0 Å². The van der Waals surface area contributed by atoms with E-state index in [0.717, 1.165) is 57.5 Å². The highest BCUT2D eigenvalue weighted by Crippen LogP contribution is 2.26. The standard InChI is InChI=1S/C22H33N5O/c1-25-21(18-27-13-15-28-16-14-27)23-24-22(25)20-10-6-12-26(17-20)11-5-9-19-7-3-2-4-8-19/h2-4,7-8,20H,5-6,9-18H2,1H3. The molecule has 2 saturated heterocycles. The molecule has 0 saturated carbocycles. The largest absolute Gasteiger partial charge is 0.379 e. The molecule has 0 bridgehead atoms. The van der Waals surface area contributed by atoms with Gasteiger partial charge in [-0.2, -0.15) is 0 Å². The van der Waals surface area contributed by atoms with Crippen molar-refractivity contribution in [1.29, 1.82) is 0 Å². The molecule has 0 radical (unpaired) electrons. The summed E-state index contributed by atoms with van der Waals surface area (Å²) < 4.78 is 7.69. The summed E-state index contributed by atoms with van der Waals surface area (Å²) in [5.41, 5.74) is 1.44. The van der Waals surface area contributed by atoms with Gasteiger partial charge in [0.2, 0.25) is 0 Å². The van der Waals surface area contributed by atoms with Crippen LogP contribution in [-0.2, 0) is 24.8 Å². The Labute approximate surface area is 168 Å². The number of benzene rings is 1. The van der Waals surface area contributed by atoms with E-state index in [1.54, 1.807) is 0 Å². The van der Waals surface area contributed by atoms with E-state index >= 15 is 0 Å². The molecule has 6 heteroatoms. The molecule has 152 valence electrons. The Morgan fingerprint density at radius 2 is 1.86 bits per heavy atom. The summed E-state index contributed by atoms with van der Waals surface area (Å²) >= 11 is 0. The molecule has 2 aliphatic rings. The first-order valence-corrected chi connectivity index (χ1v) is 10.7. The highest BCUT2D eigenvalue weighted by Gasteiger charge is 2.26. The fraction of sp³-hybridized carbons (Fsp3) is 0.636. The minimum Gasteiger partial charge on any atom is -0.379 e. The Bertz CT molecular complexity index is 726. The number of likely N-dealkylation sites (tertiary alicyclic amines) is 1. The van der Waals surface area contributed by atoms with E-state index < -0.39 is 0 Å². The summed E-state index contributed by atoms with van der Waals surface area (Å²) in [4.78, 5) is 5.03. The fourth-order valence-corrected chi connectivity index (χ4v) is 4.45. The summed E-state index contributed by atoms with van der Waals surface area (Å²) in [6.45, 7) is 7.99. The average Bonchev–Trinajstić information content (AvgIpc) is 3.10. The van der Waals surface area contributed by atoms with Crippen molar-refractivity contribution >= 4 is 0 Å². The van der Waals surface area contributed by atoms with Crippen LogP contribution in [0.5, 0.6) is 0 Å². The van der Waals surface area contributed by atoms with Gasteiger partial charge in [-0.25, -0.2) is 0 Å². The van der Waals surface area contributed by atoms with Crippen molar-refractivity contribution in [3.05, 3.63) is 47.5 Å². The van der Waals surface area contributed by atoms with E-state index in [-0.39, 0.29) is 0 Å². The van der Waals surface area contributed by atoms with Crippen molar-refractivity contribution in [1.82, 2.24) is 24.6 Å². The number of aromatic nitrogens is 3. The first-order valence-electron chi connectivity index (χ1n) is 10.7. The second-order valence-corrected chi connectivity index (χ2v) is 8.15. The molecule has 2 aliphatic heterocycles. The number of nitrogens with zero attached hydrogens (tertiary/aromatic N) is 5. The van der Waals surface area contributed by atoms with Gasteiger partial charge in [-0.1, -0.05) is 30.3 Å². The maximum atomic E-state index is 5.45. The molecular weight excluding hydrogens is 350 g/mol. The van der Waals surface area contributed by atoms with Gasteiger partial charge in [0.25, 0.3) is 0 Å². The fourth-order valence-electron chi connectivity index (χ4n) is 4.45. The maximum absolute atomic E-state index is 5.45. The average molecular weight is 384 g/mol. The van der Waals surface area contributed by atoms with Gasteiger partial charge >= 0.3 is 0 Å². The number of piperidine rings is 1. The number of aryl methyl sites for hydroxylation is 1. The van der Waals surface area contributed by atoms with Crippen LogP contribution in [-0.4, -0.2) is 70.5 Å². The van der Waals surface area contributed by atoms with Crippen molar-refractivity contribution < 1.29 is 4.74 Å². The molecule has 0 aliphatic carbocycles. The van der Waals surface area contributed by atoms with Gasteiger partial charge in [-0.3, -0.25) is 4.90 Å². The van der Waals surface area contributed by atoms with Crippen molar-refractivity contribution in [3.8, 4) is 0 Å². The molecule has 6 nitrogen and oxygen atoms in total. The third-order valence-corrected chi connectivity index (χ3v) is 6.12. The summed E-state index contributed by atoms with van der Waals surface area (Å²) in [5, 5.41) is 9.12. The van der Waals surface area contributed by atoms with Crippen LogP contribution in [0.3, 0.4) is 0 Å². The van der Waals surface area contributed by atoms with Gasteiger partial charge < -0.3 is 14.2 Å². The Hall–Kier alpha value is -1.76. The molecule has 1 atom stereocenters. The second kappa shape index (κ2) is 9.63. The summed E-state index contributed by atoms with van der Waals surface area (Å²) in [7, 11) is 2.14. The maximum Gasteiger partial charge on any atom is 0.146 e. The van der Waals surface area contributed by atoms with Gasteiger partial charge in [0.05, 0.1) is 19.8 Å². The highest BCUT2D eigenvalue weighted by molar-refractivity contribution is 5.14.